The van der Waals surface area contributed by atoms with Gasteiger partial charge in [0, 0.05) is 12.6 Å². The average molecular weight is 245 g/mol. The van der Waals surface area contributed by atoms with Crippen molar-refractivity contribution in [2.24, 2.45) is 5.92 Å². The van der Waals surface area contributed by atoms with E-state index in [1.165, 1.54) is 38.6 Å². The third kappa shape index (κ3) is 2.45. The molecule has 0 spiro atoms. The molecule has 1 saturated heterocycles. The lowest BCUT2D eigenvalue weighted by molar-refractivity contribution is 0.0893. The fraction of sp³-hybridized carbons (Fsp3) is 0.625. The van der Waals surface area contributed by atoms with E-state index in [1.807, 2.05) is 30.3 Å². The summed E-state index contributed by atoms with van der Waals surface area (Å²) in [4.78, 5) is 2.53. The Bertz CT molecular complexity index is 378. The van der Waals surface area contributed by atoms with Crippen LogP contribution in [0.4, 0.5) is 0 Å². The average Bonchev–Trinajstić information content (AvgIpc) is 2.83. The Labute approximate surface area is 110 Å². The van der Waals surface area contributed by atoms with Crippen LogP contribution in [0.3, 0.4) is 0 Å². The van der Waals surface area contributed by atoms with Crippen LogP contribution in [0.15, 0.2) is 30.3 Å². The first-order valence-electron chi connectivity index (χ1n) is 7.31. The molecule has 2 nitrogen and oxygen atoms in total. The molecule has 1 N–H and O–H groups in total. The Morgan fingerprint density at radius 2 is 1.89 bits per heavy atom. The van der Waals surface area contributed by atoms with Crippen LogP contribution in [0, 0.1) is 5.92 Å². The molecule has 1 aliphatic heterocycles. The van der Waals surface area contributed by atoms with Crippen LogP contribution in [0.5, 0.6) is 0 Å². The van der Waals surface area contributed by atoms with Crippen molar-refractivity contribution in [2.45, 2.75) is 44.2 Å². The first kappa shape index (κ1) is 12.2. The first-order valence-corrected chi connectivity index (χ1v) is 7.31. The van der Waals surface area contributed by atoms with Crippen LogP contribution in [0.1, 0.15) is 43.8 Å². The molecule has 1 saturated carbocycles. The summed E-state index contributed by atoms with van der Waals surface area (Å²) in [6, 6.07) is 10.8. The highest BCUT2D eigenvalue weighted by molar-refractivity contribution is 5.17. The van der Waals surface area contributed by atoms with E-state index in [-0.39, 0.29) is 6.10 Å². The van der Waals surface area contributed by atoms with Gasteiger partial charge in [0.05, 0.1) is 6.10 Å². The topological polar surface area (TPSA) is 23.5 Å². The summed E-state index contributed by atoms with van der Waals surface area (Å²) in [6.07, 6.45) is 6.54. The van der Waals surface area contributed by atoms with Crippen molar-refractivity contribution in [3.63, 3.8) is 0 Å². The molecule has 1 aromatic carbocycles. The second kappa shape index (κ2) is 5.41. The Hall–Kier alpha value is -0.860. The van der Waals surface area contributed by atoms with E-state index in [1.54, 1.807) is 0 Å². The van der Waals surface area contributed by atoms with Gasteiger partial charge < -0.3 is 5.11 Å². The summed E-state index contributed by atoms with van der Waals surface area (Å²) >= 11 is 0. The minimum absolute atomic E-state index is 0.327. The highest BCUT2D eigenvalue weighted by atomic mass is 16.3. The minimum Gasteiger partial charge on any atom is -0.387 e. The van der Waals surface area contributed by atoms with E-state index in [2.05, 4.69) is 4.90 Å². The standard InChI is InChI=1S/C16H23NO/c18-16(14-7-2-1-3-8-14)12-17-11-10-13-6-4-5-9-15(13)17/h1-3,7-8,13,15-16,18H,4-6,9-12H2. The van der Waals surface area contributed by atoms with Gasteiger partial charge in [0.15, 0.2) is 0 Å². The lowest BCUT2D eigenvalue weighted by Crippen LogP contribution is -2.37. The molecular weight excluding hydrogens is 222 g/mol. The van der Waals surface area contributed by atoms with E-state index in [0.29, 0.717) is 0 Å². The van der Waals surface area contributed by atoms with Gasteiger partial charge in [-0.15, -0.1) is 0 Å². The summed E-state index contributed by atoms with van der Waals surface area (Å²) < 4.78 is 0. The van der Waals surface area contributed by atoms with E-state index in [0.717, 1.165) is 24.1 Å². The van der Waals surface area contributed by atoms with Gasteiger partial charge in [-0.3, -0.25) is 4.90 Å². The summed E-state index contributed by atoms with van der Waals surface area (Å²) in [5.74, 6) is 0.904. The van der Waals surface area contributed by atoms with E-state index in [4.69, 9.17) is 0 Å². The van der Waals surface area contributed by atoms with Gasteiger partial charge in [0.25, 0.3) is 0 Å². The zero-order chi connectivity index (χ0) is 12.4. The monoisotopic (exact) mass is 245 g/mol. The molecule has 2 heteroatoms. The number of nitrogens with zero attached hydrogens (tertiary/aromatic N) is 1. The number of likely N-dealkylation sites (tertiary alicyclic amines) is 1. The fourth-order valence-electron chi connectivity index (χ4n) is 3.73. The van der Waals surface area contributed by atoms with Crippen molar-refractivity contribution in [1.29, 1.82) is 0 Å². The molecule has 0 bridgehead atoms. The summed E-state index contributed by atoms with van der Waals surface area (Å²) in [5.41, 5.74) is 1.05. The molecule has 1 aromatic rings. The van der Waals surface area contributed by atoms with Crippen molar-refractivity contribution < 1.29 is 5.11 Å². The Morgan fingerprint density at radius 1 is 1.11 bits per heavy atom. The molecule has 18 heavy (non-hydrogen) atoms. The molecule has 1 aliphatic carbocycles. The van der Waals surface area contributed by atoms with Gasteiger partial charge in [0.2, 0.25) is 0 Å². The molecule has 3 rings (SSSR count). The molecular formula is C16H23NO. The first-order chi connectivity index (χ1) is 8.84. The van der Waals surface area contributed by atoms with Crippen molar-refractivity contribution >= 4 is 0 Å². The fourth-order valence-corrected chi connectivity index (χ4v) is 3.73. The molecule has 2 fully saturated rings. The maximum Gasteiger partial charge on any atom is 0.0917 e. The zero-order valence-electron chi connectivity index (χ0n) is 11.0. The maximum absolute atomic E-state index is 10.3. The van der Waals surface area contributed by atoms with Crippen molar-refractivity contribution in [2.75, 3.05) is 13.1 Å². The van der Waals surface area contributed by atoms with Crippen LogP contribution < -0.4 is 0 Å². The second-order valence-corrected chi connectivity index (χ2v) is 5.82. The molecule has 98 valence electrons. The molecule has 3 unspecified atom stereocenters. The quantitative estimate of drug-likeness (QED) is 0.885. The van der Waals surface area contributed by atoms with Gasteiger partial charge in [-0.1, -0.05) is 43.2 Å². The number of β-amino-alcohol motifs (C(OH)–C–C–N with tert-alkyl or cyclic N) is 1. The SMILES string of the molecule is OC(CN1CCC2CCCCC21)c1ccccc1. The van der Waals surface area contributed by atoms with Gasteiger partial charge in [-0.25, -0.2) is 0 Å². The van der Waals surface area contributed by atoms with Crippen LogP contribution in [-0.2, 0) is 0 Å². The van der Waals surface area contributed by atoms with E-state index < -0.39 is 0 Å². The lowest BCUT2D eigenvalue weighted by Gasteiger charge is -2.32. The molecule has 0 amide bonds. The van der Waals surface area contributed by atoms with Crippen molar-refractivity contribution in [3.8, 4) is 0 Å². The highest BCUT2D eigenvalue weighted by Crippen LogP contribution is 2.36. The second-order valence-electron chi connectivity index (χ2n) is 5.82. The van der Waals surface area contributed by atoms with E-state index >= 15 is 0 Å². The van der Waals surface area contributed by atoms with Crippen molar-refractivity contribution in [3.05, 3.63) is 35.9 Å². The zero-order valence-corrected chi connectivity index (χ0v) is 11.0. The third-order valence-electron chi connectivity index (χ3n) is 4.72. The summed E-state index contributed by atoms with van der Waals surface area (Å²) in [6.45, 7) is 1.99. The van der Waals surface area contributed by atoms with Crippen LogP contribution in [-0.4, -0.2) is 29.1 Å². The molecule has 2 aliphatic rings. The predicted octanol–water partition coefficient (Wildman–Crippen LogP) is 2.98. The Balaban J connectivity index is 1.63. The van der Waals surface area contributed by atoms with Crippen LogP contribution >= 0.6 is 0 Å². The summed E-state index contributed by atoms with van der Waals surface area (Å²) in [7, 11) is 0. The maximum atomic E-state index is 10.3. The predicted molar refractivity (Wildman–Crippen MR) is 73.3 cm³/mol. The Kier molecular flexibility index (Phi) is 3.67. The number of aliphatic hydroxyl groups is 1. The van der Waals surface area contributed by atoms with Crippen LogP contribution in [0.25, 0.3) is 0 Å². The largest absolute Gasteiger partial charge is 0.387 e. The Morgan fingerprint density at radius 3 is 2.72 bits per heavy atom. The molecule has 1 heterocycles. The number of benzene rings is 1. The lowest BCUT2D eigenvalue weighted by atomic mass is 9.85. The molecule has 0 radical (unpaired) electrons. The third-order valence-corrected chi connectivity index (χ3v) is 4.72. The number of fused-ring (bicyclic) bond motifs is 1. The van der Waals surface area contributed by atoms with Crippen molar-refractivity contribution in [1.82, 2.24) is 4.90 Å². The number of aliphatic hydroxyl groups excluding tert-OH is 1. The van der Waals surface area contributed by atoms with Crippen LogP contribution in [0.2, 0.25) is 0 Å². The highest BCUT2D eigenvalue weighted by Gasteiger charge is 2.36. The smallest absolute Gasteiger partial charge is 0.0917 e. The van der Waals surface area contributed by atoms with E-state index in [9.17, 15) is 5.11 Å². The summed E-state index contributed by atoms with van der Waals surface area (Å²) in [5, 5.41) is 10.3. The van der Waals surface area contributed by atoms with Gasteiger partial charge in [0.1, 0.15) is 0 Å². The normalized spacial score (nSPS) is 30.1. The number of hydrogen-bond donors (Lipinski definition) is 1. The number of hydrogen-bond acceptors (Lipinski definition) is 2. The van der Waals surface area contributed by atoms with Gasteiger partial charge in [-0.05, 0) is 37.3 Å². The molecule has 3 atom stereocenters. The molecule has 0 aromatic heterocycles. The van der Waals surface area contributed by atoms with Gasteiger partial charge >= 0.3 is 0 Å². The number of rotatable bonds is 3. The minimum atomic E-state index is -0.327. The van der Waals surface area contributed by atoms with Gasteiger partial charge in [-0.2, -0.15) is 0 Å².